The van der Waals surface area contributed by atoms with E-state index >= 15 is 0 Å². The van der Waals surface area contributed by atoms with E-state index in [0.29, 0.717) is 16.1 Å². The molecule has 2 heterocycles. The van der Waals surface area contributed by atoms with Crippen LogP contribution < -0.4 is 5.32 Å². The van der Waals surface area contributed by atoms with E-state index in [4.69, 9.17) is 0 Å². The summed E-state index contributed by atoms with van der Waals surface area (Å²) in [6.07, 6.45) is 1.54. The minimum Gasteiger partial charge on any atom is -0.312 e. The third-order valence-corrected chi connectivity index (χ3v) is 5.80. The van der Waals surface area contributed by atoms with Crippen LogP contribution >= 0.6 is 15.9 Å². The molecule has 1 fully saturated rings. The summed E-state index contributed by atoms with van der Waals surface area (Å²) in [6, 6.07) is 0.0673. The van der Waals surface area contributed by atoms with Gasteiger partial charge in [0.2, 0.25) is 0 Å². The summed E-state index contributed by atoms with van der Waals surface area (Å²) in [5.74, 6) is 0.835. The number of rotatable bonds is 4. The molecule has 8 heteroatoms. The molecule has 0 aliphatic carbocycles. The zero-order valence-electron chi connectivity index (χ0n) is 10.4. The lowest BCUT2D eigenvalue weighted by molar-refractivity contribution is 0.417. The third kappa shape index (κ3) is 2.92. The quantitative estimate of drug-likeness (QED) is 0.874. The van der Waals surface area contributed by atoms with Crippen LogP contribution in [0.25, 0.3) is 0 Å². The van der Waals surface area contributed by atoms with Crippen molar-refractivity contribution in [1.29, 1.82) is 0 Å². The van der Waals surface area contributed by atoms with Crippen LogP contribution in [0.5, 0.6) is 0 Å². The van der Waals surface area contributed by atoms with Crippen molar-refractivity contribution in [2.75, 3.05) is 18.6 Å². The van der Waals surface area contributed by atoms with E-state index in [1.54, 1.807) is 4.68 Å². The average Bonchev–Trinajstić information content (AvgIpc) is 2.80. The van der Waals surface area contributed by atoms with Gasteiger partial charge in [-0.1, -0.05) is 5.21 Å². The molecule has 1 N–H and O–H groups in total. The molecule has 1 aromatic rings. The molecule has 1 aliphatic rings. The fourth-order valence-electron chi connectivity index (χ4n) is 2.47. The maximum atomic E-state index is 11.5. The van der Waals surface area contributed by atoms with Gasteiger partial charge in [0, 0.05) is 7.05 Å². The van der Waals surface area contributed by atoms with Gasteiger partial charge in [-0.3, -0.25) is 0 Å². The van der Waals surface area contributed by atoms with Crippen molar-refractivity contribution in [1.82, 2.24) is 20.3 Å². The normalized spacial score (nSPS) is 24.3. The molecule has 2 rings (SSSR count). The molecule has 0 bridgehead atoms. The molecule has 1 saturated heterocycles. The lowest BCUT2D eigenvalue weighted by Crippen LogP contribution is -2.23. The molecule has 6 nitrogen and oxygen atoms in total. The number of aryl methyl sites for hydroxylation is 1. The molecule has 1 aromatic heterocycles. The molecular weight excluding hydrogens is 320 g/mol. The van der Waals surface area contributed by atoms with Gasteiger partial charge in [0.25, 0.3) is 0 Å². The van der Waals surface area contributed by atoms with Crippen molar-refractivity contribution >= 4 is 25.8 Å². The zero-order valence-corrected chi connectivity index (χ0v) is 12.8. The van der Waals surface area contributed by atoms with Crippen LogP contribution in [0.2, 0.25) is 0 Å². The molecule has 0 spiro atoms. The molecule has 102 valence electrons. The Morgan fingerprint density at radius 1 is 1.61 bits per heavy atom. The minimum atomic E-state index is -2.82. The van der Waals surface area contributed by atoms with Crippen LogP contribution in [0.3, 0.4) is 0 Å². The second-order valence-corrected chi connectivity index (χ2v) is 7.71. The summed E-state index contributed by atoms with van der Waals surface area (Å²) >= 11 is 3.38. The Morgan fingerprint density at radius 3 is 2.78 bits per heavy atom. The SMILES string of the molecule is CNC(CC1CCS(=O)(=O)C1)c1c(Br)nnn1C. The van der Waals surface area contributed by atoms with Crippen molar-refractivity contribution in [2.24, 2.45) is 13.0 Å². The number of hydrogen-bond donors (Lipinski definition) is 1. The summed E-state index contributed by atoms with van der Waals surface area (Å²) < 4.78 is 25.4. The van der Waals surface area contributed by atoms with E-state index in [1.807, 2.05) is 14.1 Å². The second-order valence-electron chi connectivity index (χ2n) is 4.74. The molecule has 0 amide bonds. The van der Waals surface area contributed by atoms with Crippen molar-refractivity contribution < 1.29 is 8.42 Å². The molecule has 2 unspecified atom stereocenters. The first-order chi connectivity index (χ1) is 8.43. The third-order valence-electron chi connectivity index (χ3n) is 3.40. The Balaban J connectivity index is 2.12. The summed E-state index contributed by atoms with van der Waals surface area (Å²) in [7, 11) is 0.889. The summed E-state index contributed by atoms with van der Waals surface area (Å²) in [5.41, 5.74) is 0.960. The van der Waals surface area contributed by atoms with Gasteiger partial charge in [-0.25, -0.2) is 13.1 Å². The number of aromatic nitrogens is 3. The van der Waals surface area contributed by atoms with E-state index in [2.05, 4.69) is 31.6 Å². The van der Waals surface area contributed by atoms with E-state index in [9.17, 15) is 8.42 Å². The first-order valence-electron chi connectivity index (χ1n) is 5.85. The lowest BCUT2D eigenvalue weighted by atomic mass is 9.97. The highest BCUT2D eigenvalue weighted by Gasteiger charge is 2.31. The second kappa shape index (κ2) is 5.26. The van der Waals surface area contributed by atoms with E-state index in [-0.39, 0.29) is 12.0 Å². The number of hydrogen-bond acceptors (Lipinski definition) is 5. The molecule has 1 aliphatic heterocycles. The van der Waals surface area contributed by atoms with Crippen LogP contribution in [-0.4, -0.2) is 42.0 Å². The van der Waals surface area contributed by atoms with Crippen LogP contribution in [0.1, 0.15) is 24.6 Å². The Morgan fingerprint density at radius 2 is 2.33 bits per heavy atom. The van der Waals surface area contributed by atoms with Gasteiger partial charge >= 0.3 is 0 Å². The molecule has 2 atom stereocenters. The Bertz CT molecular complexity index is 508. The lowest BCUT2D eigenvalue weighted by Gasteiger charge is -2.19. The van der Waals surface area contributed by atoms with Gasteiger partial charge in [0.15, 0.2) is 14.4 Å². The summed E-state index contributed by atoms with van der Waals surface area (Å²) in [5, 5.41) is 11.1. The Labute approximate surface area is 115 Å². The Hall–Kier alpha value is -0.470. The number of halogens is 1. The topological polar surface area (TPSA) is 76.9 Å². The largest absolute Gasteiger partial charge is 0.312 e. The van der Waals surface area contributed by atoms with Gasteiger partial charge in [0.1, 0.15) is 0 Å². The van der Waals surface area contributed by atoms with Gasteiger partial charge in [-0.2, -0.15) is 0 Å². The molecular formula is C10H17BrN4O2S. The van der Waals surface area contributed by atoms with Crippen LogP contribution in [0, 0.1) is 5.92 Å². The van der Waals surface area contributed by atoms with Crippen molar-refractivity contribution in [2.45, 2.75) is 18.9 Å². The number of nitrogens with zero attached hydrogens (tertiary/aromatic N) is 3. The smallest absolute Gasteiger partial charge is 0.153 e. The fourth-order valence-corrected chi connectivity index (χ4v) is 4.95. The Kier molecular flexibility index (Phi) is 4.08. The van der Waals surface area contributed by atoms with E-state index in [0.717, 1.165) is 18.5 Å². The standard InChI is InChI=1S/C10H17BrN4O2S/c1-12-8(9-10(11)13-14-15(9)2)5-7-3-4-18(16,17)6-7/h7-8,12H,3-6H2,1-2H3. The maximum Gasteiger partial charge on any atom is 0.153 e. The monoisotopic (exact) mass is 336 g/mol. The van der Waals surface area contributed by atoms with Gasteiger partial charge in [0.05, 0.1) is 23.2 Å². The van der Waals surface area contributed by atoms with Gasteiger partial charge in [-0.05, 0) is 41.7 Å². The summed E-state index contributed by atoms with van der Waals surface area (Å²) in [6.45, 7) is 0. The van der Waals surface area contributed by atoms with Gasteiger partial charge in [-0.15, -0.1) is 5.10 Å². The average molecular weight is 337 g/mol. The first kappa shape index (κ1) is 14.0. The van der Waals surface area contributed by atoms with Crippen LogP contribution in [0.15, 0.2) is 4.60 Å². The van der Waals surface area contributed by atoms with Crippen molar-refractivity contribution in [3.63, 3.8) is 0 Å². The molecule has 18 heavy (non-hydrogen) atoms. The van der Waals surface area contributed by atoms with E-state index in [1.165, 1.54) is 0 Å². The highest BCUT2D eigenvalue weighted by molar-refractivity contribution is 9.10. The number of sulfone groups is 1. The summed E-state index contributed by atoms with van der Waals surface area (Å²) in [4.78, 5) is 0. The maximum absolute atomic E-state index is 11.5. The first-order valence-corrected chi connectivity index (χ1v) is 8.47. The number of nitrogens with one attached hydrogen (secondary N) is 1. The van der Waals surface area contributed by atoms with Crippen molar-refractivity contribution in [3.8, 4) is 0 Å². The van der Waals surface area contributed by atoms with Crippen LogP contribution in [-0.2, 0) is 16.9 Å². The van der Waals surface area contributed by atoms with Crippen molar-refractivity contribution in [3.05, 3.63) is 10.3 Å². The fraction of sp³-hybridized carbons (Fsp3) is 0.800. The minimum absolute atomic E-state index is 0.0673. The molecule has 0 saturated carbocycles. The predicted octanol–water partition coefficient (Wildman–Crippen LogP) is 0.663. The van der Waals surface area contributed by atoms with Crippen LogP contribution in [0.4, 0.5) is 0 Å². The predicted molar refractivity (Wildman–Crippen MR) is 71.9 cm³/mol. The van der Waals surface area contributed by atoms with Gasteiger partial charge < -0.3 is 5.32 Å². The zero-order chi connectivity index (χ0) is 13.3. The molecule has 0 radical (unpaired) electrons. The highest BCUT2D eigenvalue weighted by Crippen LogP contribution is 2.30. The highest BCUT2D eigenvalue weighted by atomic mass is 79.9. The van der Waals surface area contributed by atoms with E-state index < -0.39 is 9.84 Å². The molecule has 0 aromatic carbocycles.